The van der Waals surface area contributed by atoms with Gasteiger partial charge in [0.15, 0.2) is 47.7 Å². The number of aromatic nitrogens is 8. The molecule has 4 fully saturated rings. The van der Waals surface area contributed by atoms with Crippen LogP contribution in [0.2, 0.25) is 0 Å². The summed E-state index contributed by atoms with van der Waals surface area (Å²) in [5.74, 6) is -13.9. The summed E-state index contributed by atoms with van der Waals surface area (Å²) < 4.78 is 261. The molecule has 16 rings (SSSR count). The predicted octanol–water partition coefficient (Wildman–Crippen LogP) is 19.9. The summed E-state index contributed by atoms with van der Waals surface area (Å²) in [6.07, 6.45) is 17.8. The fourth-order valence-corrected chi connectivity index (χ4v) is 24.6. The van der Waals surface area contributed by atoms with Gasteiger partial charge in [-0.25, -0.2) is 81.0 Å². The van der Waals surface area contributed by atoms with Gasteiger partial charge >= 0.3 is 0 Å². The third kappa shape index (κ3) is 28.0. The van der Waals surface area contributed by atoms with Crippen LogP contribution in [0.15, 0.2) is 195 Å². The molecular formula is C106H110F12N12O13P2S2. The summed E-state index contributed by atoms with van der Waals surface area (Å²) >= 11 is 0. The van der Waals surface area contributed by atoms with Crippen LogP contribution in [0.5, 0.6) is 0 Å². The Morgan fingerprint density at radius 2 is 0.544 bits per heavy atom. The fourth-order valence-electron chi connectivity index (χ4n) is 20.3. The summed E-state index contributed by atoms with van der Waals surface area (Å²) in [6.45, 7) is 14.0. The minimum Gasteiger partial charge on any atom is -0.326 e. The largest absolute Gasteiger partial charge is 0.326 e. The molecular weight excluding hydrogens is 2000 g/mol. The maximum Gasteiger partial charge on any atom is 0.264 e. The minimum atomic E-state index is -3.67. The van der Waals surface area contributed by atoms with Gasteiger partial charge in [-0.2, -0.15) is 8.42 Å². The molecule has 0 bridgehead atoms. The van der Waals surface area contributed by atoms with E-state index in [9.17, 15) is 97.8 Å². The monoisotopic (exact) mass is 2110 g/mol. The Morgan fingerprint density at radius 3 is 0.755 bits per heavy atom. The van der Waals surface area contributed by atoms with Crippen molar-refractivity contribution in [3.63, 3.8) is 0 Å². The Morgan fingerprint density at radius 1 is 0.320 bits per heavy atom. The lowest BCUT2D eigenvalue weighted by molar-refractivity contribution is 0.0777. The highest BCUT2D eigenvalue weighted by Gasteiger charge is 2.44. The van der Waals surface area contributed by atoms with Crippen LogP contribution in [0.3, 0.4) is 0 Å². The molecule has 25 nitrogen and oxygen atoms in total. The molecule has 0 spiro atoms. The molecule has 778 valence electrons. The van der Waals surface area contributed by atoms with E-state index in [4.69, 9.17) is 36.2 Å². The van der Waals surface area contributed by atoms with Gasteiger partial charge in [0.25, 0.3) is 10.1 Å². The quantitative estimate of drug-likeness (QED) is 0.0161. The van der Waals surface area contributed by atoms with Gasteiger partial charge in [-0.1, -0.05) is 52.0 Å². The van der Waals surface area contributed by atoms with Crippen LogP contribution in [0.4, 0.5) is 52.7 Å². The standard InChI is InChI=1S/2C27H29F3N3O3P.C26H26F3N3O4S.C26H26F3N3O3S/c2*1-15-11-16(12-22(31)27(15)36-37(2,3)35)18-9-10-32-14-17(18)13-24(34)23-8-7-21(30)26(33-23)25-19(28)5-4-6-20(25)29;1-14-10-15(11-21(30)26(14)36-37(2,34)35)17-8-9-31-13-16(17)12-23(33)22-7-6-20(29)25(32-22)24-18(27)4-3-5-19(24)28;1-14-10-15(11-21(30)26(14)36(2,34)35)17-8-9-31-13-16(17)12-23(33)22-7-6-20(29)25(32-22)24-18(27)4-3-5-19(24)28/h2*4-10,14-16,22,27H,11-13,31H2,1-3H3;3-9,13-15,21,26H,10-12,30H2,1-2H3;3-9,13-15,21,26H,10-12,30H2,1-2H3/t15-,16+,22+,27+;15-,16+,22+,27-;2*14-,15+,21+,26-/m0000/s1. The Kier molecular flexibility index (Phi) is 36.4. The number of carbonyl (C=O) groups is 4. The summed E-state index contributed by atoms with van der Waals surface area (Å²) in [7, 11) is -12.4. The number of halogens is 12. The van der Waals surface area contributed by atoms with Gasteiger partial charge in [0, 0.05) is 132 Å². The van der Waals surface area contributed by atoms with Crippen molar-refractivity contribution in [1.29, 1.82) is 0 Å². The summed E-state index contributed by atoms with van der Waals surface area (Å²) in [6, 6.07) is 26.7. The number of carbonyl (C=O) groups excluding carboxylic acids is 4. The molecule has 147 heavy (non-hydrogen) atoms. The SMILES string of the molecule is C[C@H]1C[C@@H](c2ccncc2CC(=O)c2ccc(F)c(-c3c(F)cccc3F)n2)C[C@@H](N)[C@@H]1OP(C)(C)=O.C[C@H]1C[C@@H](c2ccncc2CC(=O)c2ccc(F)c(-c3c(F)cccc3F)n2)C[C@@H](N)[C@H]1OP(C)(C)=O.C[C@H]1C[C@@H](c2ccncc2CC(=O)c2ccc(F)c(-c3c(F)cccc3F)n2)C[C@@H](N)[C@H]1OS(C)(=O)=O.C[C@H]1C[C@@H](c2ccncc2CC(=O)c2ccc(F)c(-c3c(F)cccc3F)n2)C[C@@H](N)[C@H]1S(C)(=O)=O. The third-order valence-corrected chi connectivity index (χ3v) is 30.4. The topological polar surface area (TPSA) is 406 Å². The maximum absolute atomic E-state index is 14.5. The third-order valence-electron chi connectivity index (χ3n) is 26.6. The molecule has 0 saturated heterocycles. The zero-order valence-electron chi connectivity index (χ0n) is 81.6. The smallest absolute Gasteiger partial charge is 0.264 e. The number of sulfone groups is 1. The lowest BCUT2D eigenvalue weighted by atomic mass is 9.74. The first-order valence-corrected chi connectivity index (χ1v) is 55.9. The number of nitrogens with zero attached hydrogens (tertiary/aromatic N) is 8. The van der Waals surface area contributed by atoms with Gasteiger partial charge in [0.05, 0.1) is 52.1 Å². The van der Waals surface area contributed by atoms with Gasteiger partial charge < -0.3 is 32.0 Å². The van der Waals surface area contributed by atoms with Crippen LogP contribution in [0.25, 0.3) is 45.0 Å². The first kappa shape index (κ1) is 112. The van der Waals surface area contributed by atoms with E-state index in [1.54, 1.807) is 88.4 Å². The highest BCUT2D eigenvalue weighted by molar-refractivity contribution is 7.91. The second-order valence-corrected chi connectivity index (χ2v) is 47.9. The second-order valence-electron chi connectivity index (χ2n) is 38.6. The van der Waals surface area contributed by atoms with Crippen molar-refractivity contribution in [3.05, 3.63) is 332 Å². The first-order valence-electron chi connectivity index (χ1n) is 47.1. The van der Waals surface area contributed by atoms with Gasteiger partial charge in [0.2, 0.25) is 0 Å². The van der Waals surface area contributed by atoms with Crippen molar-refractivity contribution in [3.8, 4) is 45.0 Å². The molecule has 12 aromatic rings. The molecule has 8 N–H and O–H groups in total. The molecule has 4 aliphatic rings. The number of pyridine rings is 8. The summed E-state index contributed by atoms with van der Waals surface area (Å²) in [4.78, 5) is 85.1. The van der Waals surface area contributed by atoms with Gasteiger partial charge in [-0.3, -0.25) is 52.4 Å². The lowest BCUT2D eigenvalue weighted by Gasteiger charge is -2.40. The molecule has 4 aliphatic carbocycles. The van der Waals surface area contributed by atoms with Crippen molar-refractivity contribution in [1.82, 2.24) is 39.9 Å². The number of rotatable bonds is 27. The molecule has 16 atom stereocenters. The van der Waals surface area contributed by atoms with Crippen LogP contribution < -0.4 is 22.9 Å². The van der Waals surface area contributed by atoms with Crippen LogP contribution in [-0.4, -0.2) is 167 Å². The maximum atomic E-state index is 14.5. The van der Waals surface area contributed by atoms with Crippen molar-refractivity contribution < 1.29 is 111 Å². The van der Waals surface area contributed by atoms with Crippen molar-refractivity contribution in [2.45, 2.75) is 176 Å². The van der Waals surface area contributed by atoms with Crippen molar-refractivity contribution in [2.24, 2.45) is 46.6 Å². The molecule has 4 saturated carbocycles. The van der Waals surface area contributed by atoms with Crippen LogP contribution in [0.1, 0.15) is 189 Å². The van der Waals surface area contributed by atoms with Gasteiger partial charge in [-0.15, -0.1) is 0 Å². The van der Waals surface area contributed by atoms with Crippen LogP contribution >= 0.6 is 14.7 Å². The first-order chi connectivity index (χ1) is 69.3. The molecule has 0 aliphatic heterocycles. The Labute approximate surface area is 843 Å². The highest BCUT2D eigenvalue weighted by Crippen LogP contribution is 2.50. The summed E-state index contributed by atoms with van der Waals surface area (Å²) in [5.41, 5.74) is 26.1. The zero-order chi connectivity index (χ0) is 107. The van der Waals surface area contributed by atoms with E-state index < -0.39 is 196 Å². The van der Waals surface area contributed by atoms with Gasteiger partial charge in [0.1, 0.15) is 115 Å². The van der Waals surface area contributed by atoms with E-state index in [0.29, 0.717) is 60.8 Å². The van der Waals surface area contributed by atoms with E-state index >= 15 is 0 Å². The molecule has 4 aromatic carbocycles. The summed E-state index contributed by atoms with van der Waals surface area (Å²) in [5, 5.41) is -0.638. The van der Waals surface area contributed by atoms with E-state index in [2.05, 4.69) is 39.9 Å². The van der Waals surface area contributed by atoms with Gasteiger partial charge in [-0.05, 0) is 265 Å². The van der Waals surface area contributed by atoms with E-state index in [0.717, 1.165) is 126 Å². The number of nitrogens with two attached hydrogens (primary N) is 4. The number of hydrogen-bond acceptors (Lipinski definition) is 25. The van der Waals surface area contributed by atoms with E-state index in [1.807, 2.05) is 39.8 Å². The average Bonchev–Trinajstić information content (AvgIpc) is 0.778. The van der Waals surface area contributed by atoms with Crippen LogP contribution in [-0.2, 0) is 68.0 Å². The van der Waals surface area contributed by atoms with Crippen LogP contribution in [0, 0.1) is 93.5 Å². The molecule has 8 aromatic heterocycles. The minimum absolute atomic E-state index is 0.0213. The van der Waals surface area contributed by atoms with E-state index in [-0.39, 0.29) is 120 Å². The Balaban J connectivity index is 0.000000164. The Bertz CT molecular complexity index is 6930. The normalized spacial score (nSPS) is 22.2. The molecule has 0 unspecified atom stereocenters. The molecule has 0 amide bonds. The van der Waals surface area contributed by atoms with E-state index in [1.165, 1.54) is 42.7 Å². The molecule has 8 heterocycles. The predicted molar refractivity (Wildman–Crippen MR) is 531 cm³/mol. The number of hydrogen-bond donors (Lipinski definition) is 4. The zero-order valence-corrected chi connectivity index (χ0v) is 85.1. The highest BCUT2D eigenvalue weighted by atomic mass is 32.2. The fraction of sp³-hybridized carbons (Fsp3) is 0.358. The number of ketones is 4. The molecule has 0 radical (unpaired) electrons. The van der Waals surface area contributed by atoms with Crippen molar-refractivity contribution >= 4 is 57.8 Å². The second kappa shape index (κ2) is 47.7. The lowest BCUT2D eigenvalue weighted by Crippen LogP contribution is -2.48. The van der Waals surface area contributed by atoms with Crippen molar-refractivity contribution in [2.75, 3.05) is 39.2 Å². The molecule has 41 heteroatoms. The Hall–Kier alpha value is -12.0. The number of benzene rings is 4. The number of Topliss-reactive ketones (excluding diaryl/α,β-unsaturated/α-hetero) is 4. The average molecular weight is 2110 g/mol.